The Morgan fingerprint density at radius 3 is 2.72 bits per heavy atom. The Kier molecular flexibility index (Phi) is 6.67. The molecule has 0 radical (unpaired) electrons. The van der Waals surface area contributed by atoms with E-state index in [1.54, 1.807) is 0 Å². The van der Waals surface area contributed by atoms with Gasteiger partial charge in [0.1, 0.15) is 18.2 Å². The molecule has 1 aromatic heterocycles. The lowest BCUT2D eigenvalue weighted by Gasteiger charge is -2.23. The summed E-state index contributed by atoms with van der Waals surface area (Å²) < 4.78 is 7.85. The number of aliphatic hydroxyl groups is 1. The molecular formula is C19H27N3O2S. The smallest absolute Gasteiger partial charge is 0.191 e. The molecule has 1 heterocycles. The van der Waals surface area contributed by atoms with Gasteiger partial charge in [-0.15, -0.1) is 16.8 Å². The summed E-state index contributed by atoms with van der Waals surface area (Å²) in [5.41, 5.74) is 1.13. The number of ether oxygens (including phenoxy) is 1. The van der Waals surface area contributed by atoms with E-state index >= 15 is 0 Å². The molecule has 25 heavy (non-hydrogen) atoms. The Morgan fingerprint density at radius 1 is 1.32 bits per heavy atom. The van der Waals surface area contributed by atoms with Gasteiger partial charge < -0.3 is 14.4 Å². The van der Waals surface area contributed by atoms with E-state index in [-0.39, 0.29) is 12.0 Å². The third kappa shape index (κ3) is 5.34. The first-order valence-corrected chi connectivity index (χ1v) is 9.35. The molecule has 0 aliphatic rings. The van der Waals surface area contributed by atoms with E-state index in [0.29, 0.717) is 12.3 Å². The lowest BCUT2D eigenvalue weighted by atomic mass is 9.86. The summed E-state index contributed by atoms with van der Waals surface area (Å²) >= 11 is 1.47. The fraction of sp³-hybridized carbons (Fsp3) is 0.474. The number of para-hydroxylation sites is 1. The second kappa shape index (κ2) is 8.54. The van der Waals surface area contributed by atoms with Gasteiger partial charge in [-0.05, 0) is 24.0 Å². The number of nitrogens with zero attached hydrogens (tertiary/aromatic N) is 3. The first-order chi connectivity index (χ1) is 11.8. The van der Waals surface area contributed by atoms with Crippen LogP contribution in [0.3, 0.4) is 0 Å². The summed E-state index contributed by atoms with van der Waals surface area (Å²) in [5.74, 6) is 2.16. The first-order valence-electron chi connectivity index (χ1n) is 8.36. The van der Waals surface area contributed by atoms with Crippen LogP contribution >= 0.6 is 11.8 Å². The van der Waals surface area contributed by atoms with Gasteiger partial charge in [0, 0.05) is 12.3 Å². The highest BCUT2D eigenvalue weighted by Crippen LogP contribution is 2.31. The molecule has 1 N–H and O–H groups in total. The van der Waals surface area contributed by atoms with Crippen molar-refractivity contribution in [1.29, 1.82) is 0 Å². The number of allylic oxidation sites excluding steroid dienone is 1. The Morgan fingerprint density at radius 2 is 2.04 bits per heavy atom. The van der Waals surface area contributed by atoms with Gasteiger partial charge in [-0.1, -0.05) is 56.8 Å². The standard InChI is InChI=1S/C19H27N3O2S/c1-6-11-22-14(2)20-21-18(22)25-13-15(23)12-24-17-10-8-7-9-16(17)19(3,4)5/h6-10,15,23H,1,11-13H2,2-5H3. The SMILES string of the molecule is C=CCn1c(C)nnc1SCC(O)COc1ccccc1C(C)(C)C. The number of aromatic nitrogens is 3. The number of hydrogen-bond donors (Lipinski definition) is 1. The van der Waals surface area contributed by atoms with E-state index in [9.17, 15) is 5.11 Å². The van der Waals surface area contributed by atoms with Gasteiger partial charge in [-0.2, -0.15) is 0 Å². The molecule has 5 nitrogen and oxygen atoms in total. The van der Waals surface area contributed by atoms with Gasteiger partial charge in [0.2, 0.25) is 0 Å². The predicted molar refractivity (Wildman–Crippen MR) is 102 cm³/mol. The molecule has 1 unspecified atom stereocenters. The van der Waals surface area contributed by atoms with Crippen LogP contribution in [0.15, 0.2) is 42.1 Å². The zero-order valence-electron chi connectivity index (χ0n) is 15.4. The average Bonchev–Trinajstić information content (AvgIpc) is 2.91. The maximum absolute atomic E-state index is 10.3. The van der Waals surface area contributed by atoms with Crippen LogP contribution in [0.1, 0.15) is 32.2 Å². The topological polar surface area (TPSA) is 60.2 Å². The quantitative estimate of drug-likeness (QED) is 0.575. The average molecular weight is 362 g/mol. The molecule has 2 aromatic rings. The lowest BCUT2D eigenvalue weighted by Crippen LogP contribution is -2.22. The summed E-state index contributed by atoms with van der Waals surface area (Å²) in [6.07, 6.45) is 1.22. The maximum atomic E-state index is 10.3. The Balaban J connectivity index is 1.92. The van der Waals surface area contributed by atoms with Crippen LogP contribution in [0, 0.1) is 6.92 Å². The van der Waals surface area contributed by atoms with Crippen molar-refractivity contribution in [3.63, 3.8) is 0 Å². The number of aliphatic hydroxyl groups excluding tert-OH is 1. The number of hydrogen-bond acceptors (Lipinski definition) is 5. The zero-order valence-corrected chi connectivity index (χ0v) is 16.2. The van der Waals surface area contributed by atoms with E-state index in [1.807, 2.05) is 35.8 Å². The number of benzene rings is 1. The van der Waals surface area contributed by atoms with Crippen LogP contribution in [0.2, 0.25) is 0 Å². The van der Waals surface area contributed by atoms with Gasteiger partial charge in [-0.3, -0.25) is 0 Å². The van der Waals surface area contributed by atoms with Gasteiger partial charge in [-0.25, -0.2) is 0 Å². The van der Waals surface area contributed by atoms with Crippen molar-refractivity contribution < 1.29 is 9.84 Å². The summed E-state index contributed by atoms with van der Waals surface area (Å²) in [5, 5.41) is 19.3. The largest absolute Gasteiger partial charge is 0.491 e. The molecule has 136 valence electrons. The van der Waals surface area contributed by atoms with Crippen LogP contribution in [-0.2, 0) is 12.0 Å². The van der Waals surface area contributed by atoms with Crippen LogP contribution in [0.5, 0.6) is 5.75 Å². The summed E-state index contributed by atoms with van der Waals surface area (Å²) in [6.45, 7) is 13.0. The monoisotopic (exact) mass is 361 g/mol. The first kappa shape index (κ1) is 19.5. The minimum Gasteiger partial charge on any atom is -0.491 e. The summed E-state index contributed by atoms with van der Waals surface area (Å²) in [4.78, 5) is 0. The minimum absolute atomic E-state index is 0.00503. The molecule has 1 aromatic carbocycles. The highest BCUT2D eigenvalue weighted by atomic mass is 32.2. The fourth-order valence-electron chi connectivity index (χ4n) is 2.42. The van der Waals surface area contributed by atoms with Crippen LogP contribution in [-0.4, -0.2) is 38.3 Å². The lowest BCUT2D eigenvalue weighted by molar-refractivity contribution is 0.125. The predicted octanol–water partition coefficient (Wildman–Crippen LogP) is 3.60. The normalized spacial score (nSPS) is 12.8. The van der Waals surface area contributed by atoms with E-state index in [4.69, 9.17) is 4.74 Å². The second-order valence-electron chi connectivity index (χ2n) is 6.95. The fourth-order valence-corrected chi connectivity index (χ4v) is 3.32. The van der Waals surface area contributed by atoms with Gasteiger partial charge in [0.25, 0.3) is 0 Å². The molecule has 0 bridgehead atoms. The Labute approximate surface area is 154 Å². The van der Waals surface area contributed by atoms with Crippen molar-refractivity contribution >= 4 is 11.8 Å². The minimum atomic E-state index is -0.591. The third-order valence-corrected chi connectivity index (χ3v) is 4.86. The van der Waals surface area contributed by atoms with Crippen molar-refractivity contribution in [2.75, 3.05) is 12.4 Å². The van der Waals surface area contributed by atoms with Gasteiger partial charge >= 0.3 is 0 Å². The van der Waals surface area contributed by atoms with Crippen LogP contribution < -0.4 is 4.74 Å². The molecule has 0 fully saturated rings. The van der Waals surface area contributed by atoms with Crippen molar-refractivity contribution in [1.82, 2.24) is 14.8 Å². The Bertz CT molecular complexity index is 707. The summed E-state index contributed by atoms with van der Waals surface area (Å²) in [7, 11) is 0. The molecule has 0 amide bonds. The van der Waals surface area contributed by atoms with Crippen molar-refractivity contribution in [3.05, 3.63) is 48.3 Å². The van der Waals surface area contributed by atoms with Crippen LogP contribution in [0.25, 0.3) is 0 Å². The maximum Gasteiger partial charge on any atom is 0.191 e. The van der Waals surface area contributed by atoms with Crippen molar-refractivity contribution in [3.8, 4) is 5.75 Å². The summed E-state index contributed by atoms with van der Waals surface area (Å²) in [6, 6.07) is 7.97. The van der Waals surface area contributed by atoms with E-state index in [1.165, 1.54) is 11.8 Å². The van der Waals surface area contributed by atoms with E-state index in [2.05, 4.69) is 43.6 Å². The van der Waals surface area contributed by atoms with Gasteiger partial charge in [0.05, 0.1) is 6.10 Å². The number of rotatable bonds is 8. The molecule has 0 aliphatic heterocycles. The molecule has 0 spiro atoms. The molecule has 0 saturated carbocycles. The number of aryl methyl sites for hydroxylation is 1. The zero-order chi connectivity index (χ0) is 18.4. The van der Waals surface area contributed by atoms with Gasteiger partial charge in [0.15, 0.2) is 5.16 Å². The van der Waals surface area contributed by atoms with E-state index < -0.39 is 6.10 Å². The molecule has 2 rings (SSSR count). The molecule has 1 atom stereocenters. The number of thioether (sulfide) groups is 1. The molecular weight excluding hydrogens is 334 g/mol. The molecule has 6 heteroatoms. The van der Waals surface area contributed by atoms with E-state index in [0.717, 1.165) is 22.3 Å². The van der Waals surface area contributed by atoms with Crippen molar-refractivity contribution in [2.45, 2.75) is 50.9 Å². The third-order valence-electron chi connectivity index (χ3n) is 3.74. The Hall–Kier alpha value is -1.79. The van der Waals surface area contributed by atoms with Crippen molar-refractivity contribution in [2.24, 2.45) is 0 Å². The highest BCUT2D eigenvalue weighted by molar-refractivity contribution is 7.99. The molecule has 0 saturated heterocycles. The van der Waals surface area contributed by atoms with Crippen LogP contribution in [0.4, 0.5) is 0 Å². The highest BCUT2D eigenvalue weighted by Gasteiger charge is 2.19. The second-order valence-corrected chi connectivity index (χ2v) is 7.94. The molecule has 0 aliphatic carbocycles.